The number of carboxylic acids is 1. The quantitative estimate of drug-likeness (QED) is 0.781. The van der Waals surface area contributed by atoms with Gasteiger partial charge in [-0.1, -0.05) is 6.92 Å². The van der Waals surface area contributed by atoms with Crippen LogP contribution in [0.5, 0.6) is 0 Å². The van der Waals surface area contributed by atoms with Crippen molar-refractivity contribution in [2.75, 3.05) is 65.4 Å². The summed E-state index contributed by atoms with van der Waals surface area (Å²) >= 11 is 0. The van der Waals surface area contributed by atoms with E-state index in [0.717, 1.165) is 45.8 Å². The van der Waals surface area contributed by atoms with E-state index in [2.05, 4.69) is 16.7 Å². The van der Waals surface area contributed by atoms with Crippen LogP contribution in [0.3, 0.4) is 0 Å². The molecular weight excluding hydrogens is 272 g/mol. The fourth-order valence-electron chi connectivity index (χ4n) is 2.87. The van der Waals surface area contributed by atoms with Crippen molar-refractivity contribution in [2.24, 2.45) is 0 Å². The van der Waals surface area contributed by atoms with Crippen molar-refractivity contribution in [3.8, 4) is 0 Å². The summed E-state index contributed by atoms with van der Waals surface area (Å²) < 4.78 is 0. The number of piperazine rings is 2. The highest BCUT2D eigenvalue weighted by molar-refractivity contribution is 5.74. The Labute approximate surface area is 126 Å². The zero-order valence-corrected chi connectivity index (χ0v) is 12.8. The maximum absolute atomic E-state index is 12.4. The Morgan fingerprint density at radius 1 is 0.857 bits per heavy atom. The molecule has 0 aliphatic carbocycles. The van der Waals surface area contributed by atoms with Crippen molar-refractivity contribution in [1.29, 1.82) is 0 Å². The molecule has 2 amide bonds. The zero-order chi connectivity index (χ0) is 15.2. The van der Waals surface area contributed by atoms with E-state index in [0.29, 0.717) is 19.6 Å². The van der Waals surface area contributed by atoms with Gasteiger partial charge in [0, 0.05) is 58.9 Å². The fraction of sp³-hybridized carbons (Fsp3) is 0.857. The highest BCUT2D eigenvalue weighted by Crippen LogP contribution is 2.09. The predicted molar refractivity (Wildman–Crippen MR) is 79.3 cm³/mol. The van der Waals surface area contributed by atoms with Gasteiger partial charge in [-0.15, -0.1) is 0 Å². The predicted octanol–water partition coefficient (Wildman–Crippen LogP) is -0.164. The lowest BCUT2D eigenvalue weighted by Crippen LogP contribution is -2.56. The molecule has 2 aliphatic heterocycles. The van der Waals surface area contributed by atoms with Crippen LogP contribution in [0.2, 0.25) is 0 Å². The van der Waals surface area contributed by atoms with Gasteiger partial charge in [-0.25, -0.2) is 4.79 Å². The van der Waals surface area contributed by atoms with Gasteiger partial charge in [-0.05, 0) is 6.54 Å². The number of carbonyl (C=O) groups excluding carboxylic acids is 1. The molecule has 0 atom stereocenters. The standard InChI is InChI=1S/C14H26N4O3/c1-2-15-5-9-17(10-6-15)14(21)18-11-7-16(8-12-18)4-3-13(19)20/h2-12H2,1H3,(H,19,20). The Kier molecular flexibility index (Phi) is 5.81. The number of carboxylic acid groups (broad SMARTS) is 1. The summed E-state index contributed by atoms with van der Waals surface area (Å²) in [6, 6.07) is 0.142. The molecule has 0 bridgehead atoms. The molecule has 0 saturated carbocycles. The second-order valence-electron chi connectivity index (χ2n) is 5.68. The Morgan fingerprint density at radius 2 is 1.33 bits per heavy atom. The number of carbonyl (C=O) groups is 2. The second kappa shape index (κ2) is 7.61. The molecule has 7 nitrogen and oxygen atoms in total. The lowest BCUT2D eigenvalue weighted by molar-refractivity contribution is -0.137. The number of hydrogen-bond donors (Lipinski definition) is 1. The highest BCUT2D eigenvalue weighted by Gasteiger charge is 2.27. The van der Waals surface area contributed by atoms with Crippen LogP contribution in [0.4, 0.5) is 4.79 Å². The van der Waals surface area contributed by atoms with Crippen LogP contribution in [0.15, 0.2) is 0 Å². The molecule has 7 heteroatoms. The summed E-state index contributed by atoms with van der Waals surface area (Å²) in [7, 11) is 0. The molecule has 1 N–H and O–H groups in total. The van der Waals surface area contributed by atoms with Gasteiger partial charge in [-0.3, -0.25) is 9.69 Å². The van der Waals surface area contributed by atoms with E-state index >= 15 is 0 Å². The molecule has 0 aromatic heterocycles. The van der Waals surface area contributed by atoms with Gasteiger partial charge < -0.3 is 19.8 Å². The maximum Gasteiger partial charge on any atom is 0.320 e. The lowest BCUT2D eigenvalue weighted by Gasteiger charge is -2.40. The van der Waals surface area contributed by atoms with Gasteiger partial charge in [0.15, 0.2) is 0 Å². The highest BCUT2D eigenvalue weighted by atomic mass is 16.4. The van der Waals surface area contributed by atoms with Crippen LogP contribution in [0.1, 0.15) is 13.3 Å². The van der Waals surface area contributed by atoms with E-state index in [4.69, 9.17) is 5.11 Å². The van der Waals surface area contributed by atoms with E-state index in [1.54, 1.807) is 0 Å². The molecule has 2 heterocycles. The number of aliphatic carboxylic acids is 1. The third kappa shape index (κ3) is 4.57. The molecule has 0 radical (unpaired) electrons. The van der Waals surface area contributed by atoms with Crippen molar-refractivity contribution in [1.82, 2.24) is 19.6 Å². The molecule has 0 aromatic rings. The molecule has 2 saturated heterocycles. The number of urea groups is 1. The number of nitrogens with zero attached hydrogens (tertiary/aromatic N) is 4. The van der Waals surface area contributed by atoms with Crippen molar-refractivity contribution in [3.05, 3.63) is 0 Å². The van der Waals surface area contributed by atoms with Crippen molar-refractivity contribution in [2.45, 2.75) is 13.3 Å². The van der Waals surface area contributed by atoms with Crippen molar-refractivity contribution in [3.63, 3.8) is 0 Å². The summed E-state index contributed by atoms with van der Waals surface area (Å²) in [5, 5.41) is 8.69. The molecule has 120 valence electrons. The third-order valence-corrected chi connectivity index (χ3v) is 4.37. The van der Waals surface area contributed by atoms with E-state index < -0.39 is 5.97 Å². The number of amides is 2. The summed E-state index contributed by atoms with van der Waals surface area (Å²) in [5.74, 6) is -0.762. The first-order chi connectivity index (χ1) is 10.1. The van der Waals surface area contributed by atoms with Crippen LogP contribution in [-0.2, 0) is 4.79 Å². The van der Waals surface area contributed by atoms with Crippen LogP contribution in [0, 0.1) is 0 Å². The molecule has 2 rings (SSSR count). The minimum atomic E-state index is -0.762. The van der Waals surface area contributed by atoms with Gasteiger partial charge in [0.2, 0.25) is 0 Å². The van der Waals surface area contributed by atoms with E-state index in [1.165, 1.54) is 0 Å². The smallest absolute Gasteiger partial charge is 0.320 e. The normalized spacial score (nSPS) is 21.6. The molecule has 0 spiro atoms. The fourth-order valence-corrected chi connectivity index (χ4v) is 2.87. The molecule has 2 fully saturated rings. The monoisotopic (exact) mass is 298 g/mol. The van der Waals surface area contributed by atoms with Gasteiger partial charge in [0.05, 0.1) is 6.42 Å². The summed E-state index contributed by atoms with van der Waals surface area (Å²) in [4.78, 5) is 31.3. The first-order valence-corrected chi connectivity index (χ1v) is 7.80. The van der Waals surface area contributed by atoms with E-state index in [-0.39, 0.29) is 12.5 Å². The number of likely N-dealkylation sites (N-methyl/N-ethyl adjacent to an activating group) is 1. The molecule has 0 unspecified atom stereocenters. The van der Waals surface area contributed by atoms with Crippen LogP contribution >= 0.6 is 0 Å². The van der Waals surface area contributed by atoms with Gasteiger partial charge in [-0.2, -0.15) is 0 Å². The topological polar surface area (TPSA) is 67.3 Å². The maximum atomic E-state index is 12.4. The summed E-state index contributed by atoms with van der Waals surface area (Å²) in [6.45, 7) is 10.3. The average molecular weight is 298 g/mol. The zero-order valence-electron chi connectivity index (χ0n) is 12.8. The Hall–Kier alpha value is -1.34. The first kappa shape index (κ1) is 16.0. The molecular formula is C14H26N4O3. The van der Waals surface area contributed by atoms with E-state index in [1.807, 2.05) is 9.80 Å². The summed E-state index contributed by atoms with van der Waals surface area (Å²) in [5.41, 5.74) is 0. The minimum Gasteiger partial charge on any atom is -0.481 e. The second-order valence-corrected chi connectivity index (χ2v) is 5.68. The summed E-state index contributed by atoms with van der Waals surface area (Å²) in [6.07, 6.45) is 0.174. The van der Waals surface area contributed by atoms with Crippen LogP contribution in [-0.4, -0.2) is 102 Å². The Bertz CT molecular complexity index is 361. The SMILES string of the molecule is CCN1CCN(C(=O)N2CCN(CCC(=O)O)CC2)CC1. The van der Waals surface area contributed by atoms with Crippen LogP contribution < -0.4 is 0 Å². The largest absolute Gasteiger partial charge is 0.481 e. The molecule has 0 aromatic carbocycles. The number of hydrogen-bond acceptors (Lipinski definition) is 4. The van der Waals surface area contributed by atoms with Crippen molar-refractivity contribution >= 4 is 12.0 Å². The van der Waals surface area contributed by atoms with Gasteiger partial charge >= 0.3 is 12.0 Å². The first-order valence-electron chi connectivity index (χ1n) is 7.80. The molecule has 2 aliphatic rings. The molecule has 21 heavy (non-hydrogen) atoms. The van der Waals surface area contributed by atoms with E-state index in [9.17, 15) is 9.59 Å². The van der Waals surface area contributed by atoms with Gasteiger partial charge in [0.1, 0.15) is 0 Å². The van der Waals surface area contributed by atoms with Crippen LogP contribution in [0.25, 0.3) is 0 Å². The Balaban J connectivity index is 1.72. The Morgan fingerprint density at radius 3 is 1.76 bits per heavy atom. The third-order valence-electron chi connectivity index (χ3n) is 4.37. The van der Waals surface area contributed by atoms with Crippen molar-refractivity contribution < 1.29 is 14.7 Å². The van der Waals surface area contributed by atoms with Gasteiger partial charge in [0.25, 0.3) is 0 Å². The average Bonchev–Trinajstić information content (AvgIpc) is 2.53. The minimum absolute atomic E-state index is 0.142. The lowest BCUT2D eigenvalue weighted by atomic mass is 10.3. The number of rotatable bonds is 4.